The molecule has 1 saturated carbocycles. The molecule has 0 radical (unpaired) electrons. The molecule has 1 aromatic rings. The molecule has 1 aromatic heterocycles. The van der Waals surface area contributed by atoms with E-state index in [1.165, 1.54) is 37.8 Å². The van der Waals surface area contributed by atoms with Gasteiger partial charge < -0.3 is 5.32 Å². The summed E-state index contributed by atoms with van der Waals surface area (Å²) >= 11 is 0. The Kier molecular flexibility index (Phi) is 5.44. The molecule has 19 heavy (non-hydrogen) atoms. The fourth-order valence-electron chi connectivity index (χ4n) is 2.53. The molecule has 1 atom stereocenters. The van der Waals surface area contributed by atoms with Gasteiger partial charge in [-0.3, -0.25) is 4.68 Å². The molecule has 3 nitrogen and oxygen atoms in total. The Labute approximate surface area is 117 Å². The molecule has 2 rings (SSSR count). The van der Waals surface area contributed by atoms with Crippen LogP contribution in [0.5, 0.6) is 0 Å². The summed E-state index contributed by atoms with van der Waals surface area (Å²) in [7, 11) is 0. The second-order valence-electron chi connectivity index (χ2n) is 6.08. The maximum absolute atomic E-state index is 4.73. The van der Waals surface area contributed by atoms with Crippen LogP contribution in [0, 0.1) is 5.92 Å². The highest BCUT2D eigenvalue weighted by Crippen LogP contribution is 2.19. The normalized spacial score (nSPS) is 17.1. The van der Waals surface area contributed by atoms with E-state index >= 15 is 0 Å². The number of aryl methyl sites for hydroxylation is 1. The number of nitrogens with zero attached hydrogens (tertiary/aromatic N) is 2. The van der Waals surface area contributed by atoms with Crippen molar-refractivity contribution < 1.29 is 0 Å². The van der Waals surface area contributed by atoms with Crippen LogP contribution in [0.2, 0.25) is 0 Å². The molecule has 1 fully saturated rings. The van der Waals surface area contributed by atoms with Gasteiger partial charge in [0.1, 0.15) is 0 Å². The van der Waals surface area contributed by atoms with E-state index in [1.807, 2.05) is 0 Å². The van der Waals surface area contributed by atoms with Crippen molar-refractivity contribution in [3.05, 3.63) is 18.0 Å². The van der Waals surface area contributed by atoms with Gasteiger partial charge in [0.05, 0.1) is 11.7 Å². The van der Waals surface area contributed by atoms with Crippen LogP contribution in [0.25, 0.3) is 0 Å². The zero-order valence-electron chi connectivity index (χ0n) is 12.7. The van der Waals surface area contributed by atoms with Crippen LogP contribution in [0.15, 0.2) is 12.3 Å². The second-order valence-corrected chi connectivity index (χ2v) is 6.08. The third-order valence-corrected chi connectivity index (χ3v) is 4.21. The van der Waals surface area contributed by atoms with Crippen LogP contribution in [-0.2, 0) is 6.42 Å². The first-order valence-electron chi connectivity index (χ1n) is 8.00. The molecule has 0 bridgehead atoms. The molecule has 0 aromatic carbocycles. The van der Waals surface area contributed by atoms with Gasteiger partial charge in [-0.25, -0.2) is 0 Å². The number of aromatic nitrogens is 2. The maximum Gasteiger partial charge on any atom is 0.0624 e. The highest BCUT2D eigenvalue weighted by Gasteiger charge is 2.20. The summed E-state index contributed by atoms with van der Waals surface area (Å²) in [5, 5.41) is 8.34. The van der Waals surface area contributed by atoms with Crippen LogP contribution in [0.4, 0.5) is 0 Å². The Morgan fingerprint density at radius 3 is 2.74 bits per heavy atom. The number of nitrogens with one attached hydrogen (secondary N) is 1. The van der Waals surface area contributed by atoms with Gasteiger partial charge in [-0.05, 0) is 57.1 Å². The van der Waals surface area contributed by atoms with Crippen LogP contribution in [0.3, 0.4) is 0 Å². The summed E-state index contributed by atoms with van der Waals surface area (Å²) < 4.78 is 2.16. The molecule has 1 N–H and O–H groups in total. The molecule has 0 aliphatic heterocycles. The van der Waals surface area contributed by atoms with E-state index < -0.39 is 0 Å². The van der Waals surface area contributed by atoms with E-state index in [0.717, 1.165) is 24.9 Å². The first-order chi connectivity index (χ1) is 9.22. The molecule has 0 spiro atoms. The van der Waals surface area contributed by atoms with Crippen LogP contribution >= 0.6 is 0 Å². The van der Waals surface area contributed by atoms with Crippen LogP contribution < -0.4 is 5.32 Å². The Bertz CT molecular complexity index is 364. The topological polar surface area (TPSA) is 29.9 Å². The van der Waals surface area contributed by atoms with Crippen LogP contribution in [-0.4, -0.2) is 22.4 Å². The zero-order valence-corrected chi connectivity index (χ0v) is 12.7. The van der Waals surface area contributed by atoms with Gasteiger partial charge in [-0.15, -0.1) is 0 Å². The van der Waals surface area contributed by atoms with E-state index in [4.69, 9.17) is 5.10 Å². The standard InChI is InChI=1S/C16H29N3/c1-4-16(5-2)19-11-10-15(18-19)7-6-13(3)12-17-14-8-9-14/h10-11,13-14,16-17H,4-9,12H2,1-3H3. The quantitative estimate of drug-likeness (QED) is 0.738. The molecule has 1 aliphatic rings. The number of rotatable bonds is 9. The smallest absolute Gasteiger partial charge is 0.0624 e. The van der Waals surface area contributed by atoms with Crippen molar-refractivity contribution in [1.29, 1.82) is 0 Å². The van der Waals surface area contributed by atoms with E-state index in [9.17, 15) is 0 Å². The van der Waals surface area contributed by atoms with Crippen molar-refractivity contribution in [1.82, 2.24) is 15.1 Å². The Morgan fingerprint density at radius 1 is 1.37 bits per heavy atom. The van der Waals surface area contributed by atoms with Gasteiger partial charge in [0.2, 0.25) is 0 Å². The SMILES string of the molecule is CCC(CC)n1ccc(CCC(C)CNC2CC2)n1. The van der Waals surface area contributed by atoms with Gasteiger partial charge in [-0.1, -0.05) is 20.8 Å². The van der Waals surface area contributed by atoms with Crippen molar-refractivity contribution in [2.45, 2.75) is 71.4 Å². The summed E-state index contributed by atoms with van der Waals surface area (Å²) in [6.45, 7) is 7.98. The lowest BCUT2D eigenvalue weighted by Crippen LogP contribution is -2.23. The fraction of sp³-hybridized carbons (Fsp3) is 0.812. The predicted octanol–water partition coefficient (Wildman–Crippen LogP) is 3.56. The zero-order chi connectivity index (χ0) is 13.7. The second kappa shape index (κ2) is 7.09. The highest BCUT2D eigenvalue weighted by atomic mass is 15.3. The lowest BCUT2D eigenvalue weighted by Gasteiger charge is -2.13. The maximum atomic E-state index is 4.73. The number of hydrogen-bond donors (Lipinski definition) is 1. The van der Waals surface area contributed by atoms with Gasteiger partial charge in [0.25, 0.3) is 0 Å². The Balaban J connectivity index is 1.72. The van der Waals surface area contributed by atoms with Crippen molar-refractivity contribution >= 4 is 0 Å². The third-order valence-electron chi connectivity index (χ3n) is 4.21. The molecule has 0 amide bonds. The molecule has 0 saturated heterocycles. The monoisotopic (exact) mass is 263 g/mol. The van der Waals surface area contributed by atoms with Crippen molar-refractivity contribution in [2.24, 2.45) is 5.92 Å². The van der Waals surface area contributed by atoms with E-state index in [2.05, 4.69) is 43.0 Å². The summed E-state index contributed by atoms with van der Waals surface area (Å²) in [5.41, 5.74) is 1.25. The summed E-state index contributed by atoms with van der Waals surface area (Å²) in [6.07, 6.45) is 9.60. The summed E-state index contributed by atoms with van der Waals surface area (Å²) in [5.74, 6) is 0.749. The molecular weight excluding hydrogens is 234 g/mol. The fourth-order valence-corrected chi connectivity index (χ4v) is 2.53. The van der Waals surface area contributed by atoms with Gasteiger partial charge >= 0.3 is 0 Å². The Morgan fingerprint density at radius 2 is 2.11 bits per heavy atom. The molecular formula is C16H29N3. The van der Waals surface area contributed by atoms with Crippen LogP contribution in [0.1, 0.15) is 64.6 Å². The average molecular weight is 263 g/mol. The Hall–Kier alpha value is -0.830. The molecule has 108 valence electrons. The van der Waals surface area contributed by atoms with Crippen molar-refractivity contribution in [3.8, 4) is 0 Å². The predicted molar refractivity (Wildman–Crippen MR) is 80.4 cm³/mol. The van der Waals surface area contributed by atoms with Crippen molar-refractivity contribution in [2.75, 3.05) is 6.54 Å². The largest absolute Gasteiger partial charge is 0.314 e. The van der Waals surface area contributed by atoms with Gasteiger partial charge in [-0.2, -0.15) is 5.10 Å². The van der Waals surface area contributed by atoms with E-state index in [0.29, 0.717) is 6.04 Å². The molecule has 1 heterocycles. The minimum absolute atomic E-state index is 0.572. The lowest BCUT2D eigenvalue weighted by molar-refractivity contribution is 0.422. The molecule has 3 heteroatoms. The summed E-state index contributed by atoms with van der Waals surface area (Å²) in [4.78, 5) is 0. The highest BCUT2D eigenvalue weighted by molar-refractivity contribution is 5.00. The average Bonchev–Trinajstić information content (AvgIpc) is 3.14. The summed E-state index contributed by atoms with van der Waals surface area (Å²) in [6, 6.07) is 3.60. The van der Waals surface area contributed by atoms with E-state index in [1.54, 1.807) is 0 Å². The molecule has 1 aliphatic carbocycles. The lowest BCUT2D eigenvalue weighted by atomic mass is 10.0. The first kappa shape index (κ1) is 14.6. The van der Waals surface area contributed by atoms with Crippen molar-refractivity contribution in [3.63, 3.8) is 0 Å². The third kappa shape index (κ3) is 4.64. The number of hydrogen-bond acceptors (Lipinski definition) is 2. The van der Waals surface area contributed by atoms with Gasteiger partial charge in [0, 0.05) is 12.2 Å². The van der Waals surface area contributed by atoms with Gasteiger partial charge in [0.15, 0.2) is 0 Å². The molecule has 1 unspecified atom stereocenters. The minimum atomic E-state index is 0.572. The first-order valence-corrected chi connectivity index (χ1v) is 8.00. The van der Waals surface area contributed by atoms with E-state index in [-0.39, 0.29) is 0 Å². The minimum Gasteiger partial charge on any atom is -0.314 e.